The molecule has 0 aliphatic heterocycles. The van der Waals surface area contributed by atoms with Crippen molar-refractivity contribution in [1.29, 1.82) is 0 Å². The first-order valence-corrected chi connectivity index (χ1v) is 8.48. The van der Waals surface area contributed by atoms with Crippen molar-refractivity contribution < 1.29 is 9.59 Å². The number of nitrogens with two attached hydrogens (primary N) is 1. The summed E-state index contributed by atoms with van der Waals surface area (Å²) in [6.45, 7) is 0. The van der Waals surface area contributed by atoms with Crippen molar-refractivity contribution in [3.8, 4) is 0 Å². The number of halogens is 1. The highest BCUT2D eigenvalue weighted by atomic mass is 79.9. The molecule has 0 bridgehead atoms. The number of amides is 2. The van der Waals surface area contributed by atoms with Crippen molar-refractivity contribution in [2.75, 3.05) is 23.9 Å². The van der Waals surface area contributed by atoms with E-state index in [0.717, 1.165) is 16.2 Å². The van der Waals surface area contributed by atoms with Crippen molar-refractivity contribution in [2.24, 2.45) is 0 Å². The van der Waals surface area contributed by atoms with E-state index in [0.29, 0.717) is 5.56 Å². The Morgan fingerprint density at radius 3 is 2.58 bits per heavy atom. The normalized spacial score (nSPS) is 10.2. The highest BCUT2D eigenvalue weighted by Gasteiger charge is 2.14. The van der Waals surface area contributed by atoms with Gasteiger partial charge in [-0.25, -0.2) is 4.98 Å². The fourth-order valence-corrected chi connectivity index (χ4v) is 2.66. The van der Waals surface area contributed by atoms with Gasteiger partial charge in [0, 0.05) is 17.1 Å². The molecule has 0 saturated heterocycles. The van der Waals surface area contributed by atoms with Gasteiger partial charge in [0.05, 0.1) is 5.75 Å². The van der Waals surface area contributed by atoms with Crippen molar-refractivity contribution >= 4 is 51.0 Å². The monoisotopic (exact) mass is 411 g/mol. The third kappa shape index (κ3) is 4.59. The van der Waals surface area contributed by atoms with E-state index in [4.69, 9.17) is 5.73 Å². The quantitative estimate of drug-likeness (QED) is 0.432. The molecule has 24 heavy (non-hydrogen) atoms. The molecule has 126 valence electrons. The predicted octanol–water partition coefficient (Wildman–Crippen LogP) is 1.20. The van der Waals surface area contributed by atoms with Gasteiger partial charge >= 0.3 is 0 Å². The van der Waals surface area contributed by atoms with Crippen molar-refractivity contribution in [1.82, 2.24) is 15.3 Å². The van der Waals surface area contributed by atoms with Crippen LogP contribution in [0.4, 0.5) is 11.5 Å². The van der Waals surface area contributed by atoms with Gasteiger partial charge in [0.25, 0.3) is 11.5 Å². The van der Waals surface area contributed by atoms with Crippen molar-refractivity contribution in [2.45, 2.75) is 5.16 Å². The number of H-pyrrole nitrogens is 1. The summed E-state index contributed by atoms with van der Waals surface area (Å²) in [5, 5.41) is 5.09. The third-order valence-electron chi connectivity index (χ3n) is 2.89. The van der Waals surface area contributed by atoms with Crippen LogP contribution in [0.2, 0.25) is 0 Å². The van der Waals surface area contributed by atoms with E-state index in [2.05, 4.69) is 36.5 Å². The average molecular weight is 412 g/mol. The first-order chi connectivity index (χ1) is 11.4. The molecule has 1 aromatic heterocycles. The Labute approximate surface area is 149 Å². The van der Waals surface area contributed by atoms with Crippen LogP contribution in [0.5, 0.6) is 0 Å². The first kappa shape index (κ1) is 18.0. The number of benzene rings is 1. The molecule has 8 nitrogen and oxygen atoms in total. The van der Waals surface area contributed by atoms with Crippen LogP contribution in [-0.4, -0.2) is 34.6 Å². The van der Waals surface area contributed by atoms with Crippen LogP contribution in [-0.2, 0) is 4.79 Å². The molecule has 1 aromatic carbocycles. The molecule has 0 saturated carbocycles. The number of rotatable bonds is 5. The van der Waals surface area contributed by atoms with E-state index >= 15 is 0 Å². The van der Waals surface area contributed by atoms with E-state index < -0.39 is 11.5 Å². The molecule has 2 rings (SSSR count). The summed E-state index contributed by atoms with van der Waals surface area (Å²) in [6.07, 6.45) is 0. The van der Waals surface area contributed by atoms with Gasteiger partial charge in [0.1, 0.15) is 5.69 Å². The number of nitrogen functional groups attached to an aromatic ring is 1. The molecule has 5 N–H and O–H groups in total. The lowest BCUT2D eigenvalue weighted by Crippen LogP contribution is -2.24. The minimum absolute atomic E-state index is 0.0868. The highest BCUT2D eigenvalue weighted by molar-refractivity contribution is 9.10. The van der Waals surface area contributed by atoms with Gasteiger partial charge < -0.3 is 16.4 Å². The number of anilines is 2. The molecule has 0 spiro atoms. The topological polar surface area (TPSA) is 130 Å². The lowest BCUT2D eigenvalue weighted by atomic mass is 10.2. The fraction of sp³-hybridized carbons (Fsp3) is 0.143. The largest absolute Gasteiger partial charge is 0.382 e. The summed E-state index contributed by atoms with van der Waals surface area (Å²) >= 11 is 4.31. The Morgan fingerprint density at radius 1 is 1.33 bits per heavy atom. The standard InChI is InChI=1S/C14H14BrN5O3S/c1-17-9(21)6-24-14-19-11(16)10(13(23)20-14)18-12(22)7-2-4-8(15)5-3-7/h2-5H,6H2,1H3,(H,17,21)(H,18,22)(H3,16,19,20,23). The van der Waals surface area contributed by atoms with Crippen molar-refractivity contribution in [3.05, 3.63) is 44.7 Å². The number of nitrogens with one attached hydrogen (secondary N) is 3. The molecule has 2 amide bonds. The maximum Gasteiger partial charge on any atom is 0.277 e. The fourth-order valence-electron chi connectivity index (χ4n) is 1.65. The van der Waals surface area contributed by atoms with E-state index in [-0.39, 0.29) is 28.3 Å². The van der Waals surface area contributed by atoms with E-state index in [1.54, 1.807) is 24.3 Å². The summed E-state index contributed by atoms with van der Waals surface area (Å²) < 4.78 is 0.829. The Bertz CT molecular complexity index is 822. The summed E-state index contributed by atoms with van der Waals surface area (Å²) in [6, 6.07) is 6.62. The predicted molar refractivity (Wildman–Crippen MR) is 96.2 cm³/mol. The zero-order chi connectivity index (χ0) is 17.7. The highest BCUT2D eigenvalue weighted by Crippen LogP contribution is 2.17. The van der Waals surface area contributed by atoms with Crippen LogP contribution < -0.4 is 21.9 Å². The summed E-state index contributed by atoms with van der Waals surface area (Å²) in [5.74, 6) is -0.728. The second-order valence-electron chi connectivity index (χ2n) is 4.55. The zero-order valence-electron chi connectivity index (χ0n) is 12.6. The van der Waals surface area contributed by atoms with Crippen LogP contribution in [0.3, 0.4) is 0 Å². The van der Waals surface area contributed by atoms with E-state index in [1.807, 2.05) is 0 Å². The van der Waals surface area contributed by atoms with Crippen LogP contribution in [0, 0.1) is 0 Å². The number of carbonyl (C=O) groups excluding carboxylic acids is 2. The van der Waals surface area contributed by atoms with Gasteiger partial charge in [-0.3, -0.25) is 19.4 Å². The van der Waals surface area contributed by atoms with Gasteiger partial charge in [-0.1, -0.05) is 27.7 Å². The SMILES string of the molecule is CNC(=O)CSc1nc(N)c(NC(=O)c2ccc(Br)cc2)c(=O)[nH]1. The summed E-state index contributed by atoms with van der Waals surface area (Å²) in [4.78, 5) is 41.9. The molecule has 0 radical (unpaired) electrons. The summed E-state index contributed by atoms with van der Waals surface area (Å²) in [7, 11) is 1.51. The second-order valence-corrected chi connectivity index (χ2v) is 6.43. The Hall–Kier alpha value is -2.33. The third-order valence-corrected chi connectivity index (χ3v) is 4.29. The Kier molecular flexibility index (Phi) is 5.99. The summed E-state index contributed by atoms with van der Waals surface area (Å²) in [5.41, 5.74) is 5.39. The number of carbonyl (C=O) groups is 2. The second kappa shape index (κ2) is 7.97. The molecule has 2 aromatic rings. The Balaban J connectivity index is 2.16. The van der Waals surface area contributed by atoms with Gasteiger partial charge in [0.15, 0.2) is 11.0 Å². The van der Waals surface area contributed by atoms with Crippen LogP contribution in [0.15, 0.2) is 38.7 Å². The van der Waals surface area contributed by atoms with E-state index in [1.165, 1.54) is 7.05 Å². The molecular formula is C14H14BrN5O3S. The number of aromatic nitrogens is 2. The van der Waals surface area contributed by atoms with Crippen LogP contribution in [0.25, 0.3) is 0 Å². The first-order valence-electron chi connectivity index (χ1n) is 6.70. The minimum Gasteiger partial charge on any atom is -0.382 e. The molecule has 0 aliphatic rings. The van der Waals surface area contributed by atoms with E-state index in [9.17, 15) is 14.4 Å². The smallest absolute Gasteiger partial charge is 0.277 e. The molecule has 10 heteroatoms. The lowest BCUT2D eigenvalue weighted by molar-refractivity contribution is -0.118. The number of thioether (sulfide) groups is 1. The number of aromatic amines is 1. The molecule has 0 aliphatic carbocycles. The van der Waals surface area contributed by atoms with Gasteiger partial charge in [-0.15, -0.1) is 0 Å². The number of hydrogen-bond donors (Lipinski definition) is 4. The minimum atomic E-state index is -0.590. The van der Waals surface area contributed by atoms with Crippen LogP contribution in [0.1, 0.15) is 10.4 Å². The average Bonchev–Trinajstić information content (AvgIpc) is 2.56. The van der Waals surface area contributed by atoms with Gasteiger partial charge in [-0.05, 0) is 24.3 Å². The lowest BCUT2D eigenvalue weighted by Gasteiger charge is -2.08. The molecular weight excluding hydrogens is 398 g/mol. The molecule has 0 unspecified atom stereocenters. The number of hydrogen-bond acceptors (Lipinski definition) is 6. The molecule has 0 atom stereocenters. The molecule has 1 heterocycles. The maximum atomic E-state index is 12.1. The number of nitrogens with zero attached hydrogens (tertiary/aromatic N) is 1. The maximum absolute atomic E-state index is 12.1. The van der Waals surface area contributed by atoms with Crippen molar-refractivity contribution in [3.63, 3.8) is 0 Å². The molecule has 0 fully saturated rings. The van der Waals surface area contributed by atoms with Gasteiger partial charge in [0.2, 0.25) is 5.91 Å². The zero-order valence-corrected chi connectivity index (χ0v) is 15.0. The van der Waals surface area contributed by atoms with Gasteiger partial charge in [-0.2, -0.15) is 0 Å². The Morgan fingerprint density at radius 2 is 2.00 bits per heavy atom. The van der Waals surface area contributed by atoms with Crippen LogP contribution >= 0.6 is 27.7 Å².